The number of nitrogens with one attached hydrogen (secondary N) is 1. The van der Waals surface area contributed by atoms with Crippen molar-refractivity contribution >= 4 is 11.4 Å². The number of nitrogens with zero attached hydrogens (tertiary/aromatic N) is 2. The summed E-state index contributed by atoms with van der Waals surface area (Å²) in [6.45, 7) is 9.32. The van der Waals surface area contributed by atoms with Crippen molar-refractivity contribution in [3.8, 4) is 5.88 Å². The van der Waals surface area contributed by atoms with Crippen LogP contribution in [0.2, 0.25) is 0 Å². The summed E-state index contributed by atoms with van der Waals surface area (Å²) in [7, 11) is 0. The van der Waals surface area contributed by atoms with Crippen LogP contribution in [0.3, 0.4) is 0 Å². The van der Waals surface area contributed by atoms with Gasteiger partial charge >= 0.3 is 0 Å². The van der Waals surface area contributed by atoms with E-state index < -0.39 is 0 Å². The van der Waals surface area contributed by atoms with Crippen molar-refractivity contribution in [2.24, 2.45) is 5.92 Å². The number of carbonyl (C=O) groups is 1. The molecule has 1 unspecified atom stereocenters. The molecule has 0 bridgehead atoms. The molecule has 0 aliphatic rings. The molecule has 0 spiro atoms. The number of amides is 1. The molecule has 5 nitrogen and oxygen atoms in total. The highest BCUT2D eigenvalue weighted by atomic mass is 16.5. The van der Waals surface area contributed by atoms with Gasteiger partial charge in [-0.1, -0.05) is 50.6 Å². The number of aromatic nitrogens is 2. The molecule has 148 valence electrons. The van der Waals surface area contributed by atoms with Gasteiger partial charge < -0.3 is 10.1 Å². The standard InChI is InChI=1S/C23H29N3O2/c1-5-9-16(2)14-24-23(27)22-18(4)25-26-20(22)12-17(3)13-21(26)28-15-19-10-7-6-8-11-19/h6-8,10-13,16H,5,9,14-15H2,1-4H3,(H,24,27). The van der Waals surface area contributed by atoms with Crippen molar-refractivity contribution in [1.29, 1.82) is 0 Å². The highest BCUT2D eigenvalue weighted by Gasteiger charge is 2.20. The summed E-state index contributed by atoms with van der Waals surface area (Å²) in [5, 5.41) is 7.65. The zero-order valence-corrected chi connectivity index (χ0v) is 17.2. The number of pyridine rings is 1. The Balaban J connectivity index is 1.85. The highest BCUT2D eigenvalue weighted by molar-refractivity contribution is 6.02. The average molecular weight is 380 g/mol. The molecule has 0 aliphatic carbocycles. The molecule has 3 aromatic rings. The van der Waals surface area contributed by atoms with Crippen LogP contribution in [0.1, 0.15) is 53.9 Å². The van der Waals surface area contributed by atoms with E-state index in [9.17, 15) is 4.79 Å². The van der Waals surface area contributed by atoms with E-state index in [0.29, 0.717) is 36.2 Å². The lowest BCUT2D eigenvalue weighted by atomic mass is 10.1. The molecule has 1 aromatic carbocycles. The molecule has 3 rings (SSSR count). The smallest absolute Gasteiger partial charge is 0.255 e. The van der Waals surface area contributed by atoms with Crippen LogP contribution in [0, 0.1) is 19.8 Å². The van der Waals surface area contributed by atoms with Crippen molar-refractivity contribution in [3.05, 3.63) is 64.8 Å². The van der Waals surface area contributed by atoms with Crippen molar-refractivity contribution in [2.45, 2.75) is 47.1 Å². The molecule has 2 aromatic heterocycles. The summed E-state index contributed by atoms with van der Waals surface area (Å²) >= 11 is 0. The Hall–Kier alpha value is -2.82. The van der Waals surface area contributed by atoms with Gasteiger partial charge in [0.25, 0.3) is 5.91 Å². The summed E-state index contributed by atoms with van der Waals surface area (Å²) < 4.78 is 7.76. The molecule has 0 radical (unpaired) electrons. The predicted octanol–water partition coefficient (Wildman–Crippen LogP) is 4.70. The third-order valence-electron chi connectivity index (χ3n) is 4.87. The Morgan fingerprint density at radius 2 is 1.96 bits per heavy atom. The zero-order valence-electron chi connectivity index (χ0n) is 17.2. The number of ether oxygens (including phenoxy) is 1. The molecular formula is C23H29N3O2. The fraction of sp³-hybridized carbons (Fsp3) is 0.391. The Kier molecular flexibility index (Phi) is 6.34. The zero-order chi connectivity index (χ0) is 20.1. The van der Waals surface area contributed by atoms with Gasteiger partial charge in [-0.3, -0.25) is 4.79 Å². The molecule has 0 saturated heterocycles. The lowest BCUT2D eigenvalue weighted by molar-refractivity contribution is 0.0948. The molecule has 28 heavy (non-hydrogen) atoms. The van der Waals surface area contributed by atoms with Gasteiger partial charge in [-0.15, -0.1) is 0 Å². The van der Waals surface area contributed by atoms with Crippen LogP contribution in [-0.2, 0) is 6.61 Å². The number of aryl methyl sites for hydroxylation is 2. The average Bonchev–Trinajstić information content (AvgIpc) is 3.01. The highest BCUT2D eigenvalue weighted by Crippen LogP contribution is 2.24. The topological polar surface area (TPSA) is 55.6 Å². The van der Waals surface area contributed by atoms with E-state index in [-0.39, 0.29) is 5.91 Å². The molecule has 0 aliphatic heterocycles. The van der Waals surface area contributed by atoms with E-state index >= 15 is 0 Å². The van der Waals surface area contributed by atoms with Crippen LogP contribution < -0.4 is 10.1 Å². The van der Waals surface area contributed by atoms with E-state index in [0.717, 1.165) is 29.5 Å². The second-order valence-electron chi connectivity index (χ2n) is 7.51. The van der Waals surface area contributed by atoms with Crippen molar-refractivity contribution in [1.82, 2.24) is 14.9 Å². The van der Waals surface area contributed by atoms with Crippen molar-refractivity contribution in [3.63, 3.8) is 0 Å². The molecule has 5 heteroatoms. The molecule has 0 fully saturated rings. The third-order valence-corrected chi connectivity index (χ3v) is 4.87. The van der Waals surface area contributed by atoms with E-state index in [1.54, 1.807) is 4.52 Å². The Morgan fingerprint density at radius 3 is 2.68 bits per heavy atom. The van der Waals surface area contributed by atoms with Gasteiger partial charge in [-0.25, -0.2) is 0 Å². The van der Waals surface area contributed by atoms with Crippen molar-refractivity contribution < 1.29 is 9.53 Å². The lowest BCUT2D eigenvalue weighted by Gasteiger charge is -2.12. The summed E-state index contributed by atoms with van der Waals surface area (Å²) in [5.41, 5.74) is 4.22. The second-order valence-corrected chi connectivity index (χ2v) is 7.51. The Morgan fingerprint density at radius 1 is 1.21 bits per heavy atom. The van der Waals surface area contributed by atoms with E-state index in [4.69, 9.17) is 4.74 Å². The van der Waals surface area contributed by atoms with Crippen molar-refractivity contribution in [2.75, 3.05) is 6.54 Å². The minimum Gasteiger partial charge on any atom is -0.473 e. The number of rotatable bonds is 8. The largest absolute Gasteiger partial charge is 0.473 e. The molecule has 1 atom stereocenters. The van der Waals surface area contributed by atoms with Crippen LogP contribution >= 0.6 is 0 Å². The first kappa shape index (κ1) is 19.9. The molecule has 0 saturated carbocycles. The van der Waals surface area contributed by atoms with Gasteiger partial charge in [0.05, 0.1) is 16.8 Å². The first-order valence-electron chi connectivity index (χ1n) is 9.94. The maximum absolute atomic E-state index is 12.8. The summed E-state index contributed by atoms with van der Waals surface area (Å²) in [5.74, 6) is 1.03. The first-order chi connectivity index (χ1) is 13.5. The lowest BCUT2D eigenvalue weighted by Crippen LogP contribution is -2.28. The number of hydrogen-bond donors (Lipinski definition) is 1. The molecular weight excluding hydrogens is 350 g/mol. The summed E-state index contributed by atoms with van der Waals surface area (Å²) in [6, 6.07) is 14.0. The van der Waals surface area contributed by atoms with Crippen LogP contribution in [0.5, 0.6) is 5.88 Å². The SMILES string of the molecule is CCCC(C)CNC(=O)c1c(C)nn2c(OCc3ccccc3)cc(C)cc12. The Labute approximate surface area is 166 Å². The monoisotopic (exact) mass is 379 g/mol. The maximum Gasteiger partial charge on any atom is 0.255 e. The van der Waals surface area contributed by atoms with Gasteiger partial charge in [0.15, 0.2) is 0 Å². The van der Waals surface area contributed by atoms with E-state index in [2.05, 4.69) is 24.3 Å². The normalized spacial score (nSPS) is 12.1. The Bertz CT molecular complexity index is 947. The maximum atomic E-state index is 12.8. The number of carbonyl (C=O) groups excluding carboxylic acids is 1. The van der Waals surface area contributed by atoms with Crippen LogP contribution in [0.15, 0.2) is 42.5 Å². The third kappa shape index (κ3) is 4.53. The van der Waals surface area contributed by atoms with E-state index in [1.165, 1.54) is 0 Å². The number of fused-ring (bicyclic) bond motifs is 1. The van der Waals surface area contributed by atoms with Gasteiger partial charge in [0.2, 0.25) is 5.88 Å². The first-order valence-corrected chi connectivity index (χ1v) is 9.94. The molecule has 1 amide bonds. The summed E-state index contributed by atoms with van der Waals surface area (Å²) in [4.78, 5) is 12.8. The van der Waals surface area contributed by atoms with Crippen LogP contribution in [0.4, 0.5) is 0 Å². The quantitative estimate of drug-likeness (QED) is 0.617. The van der Waals surface area contributed by atoms with Crippen LogP contribution in [-0.4, -0.2) is 22.1 Å². The molecule has 2 heterocycles. The summed E-state index contributed by atoms with van der Waals surface area (Å²) in [6.07, 6.45) is 2.22. The minimum absolute atomic E-state index is 0.0740. The fourth-order valence-electron chi connectivity index (χ4n) is 3.42. The second kappa shape index (κ2) is 8.91. The van der Waals surface area contributed by atoms with Gasteiger partial charge in [-0.05, 0) is 43.4 Å². The van der Waals surface area contributed by atoms with Gasteiger partial charge in [0.1, 0.15) is 6.61 Å². The molecule has 1 N–H and O–H groups in total. The van der Waals surface area contributed by atoms with E-state index in [1.807, 2.05) is 56.3 Å². The number of hydrogen-bond acceptors (Lipinski definition) is 3. The van der Waals surface area contributed by atoms with Crippen LogP contribution in [0.25, 0.3) is 5.52 Å². The van der Waals surface area contributed by atoms with Gasteiger partial charge in [-0.2, -0.15) is 9.61 Å². The van der Waals surface area contributed by atoms with Gasteiger partial charge in [0, 0.05) is 12.6 Å². The predicted molar refractivity (Wildman–Crippen MR) is 112 cm³/mol. The fourth-order valence-corrected chi connectivity index (χ4v) is 3.42. The minimum atomic E-state index is -0.0740. The number of benzene rings is 1.